The molecule has 2 aromatic carbocycles. The number of Topliss-reactive ketones (excluding diaryl/α,β-unsaturated/α-hetero) is 1. The highest BCUT2D eigenvalue weighted by atomic mass is 79.9. The highest BCUT2D eigenvalue weighted by Crippen LogP contribution is 2.24. The fourth-order valence-electron chi connectivity index (χ4n) is 1.94. The number of rotatable bonds is 4. The molecule has 0 amide bonds. The number of carbonyl (C=O) groups is 1. The van der Waals surface area contributed by atoms with Crippen LogP contribution in [-0.4, -0.2) is 12.4 Å². The molecule has 0 aliphatic carbocycles. The van der Waals surface area contributed by atoms with E-state index in [9.17, 15) is 4.79 Å². The first-order valence-electron chi connectivity index (χ1n) is 6.11. The minimum absolute atomic E-state index is 0.0101. The van der Waals surface area contributed by atoms with Crippen LogP contribution in [0.25, 0.3) is 10.8 Å². The third kappa shape index (κ3) is 2.92. The summed E-state index contributed by atoms with van der Waals surface area (Å²) in [6, 6.07) is 15.6. The van der Waals surface area contributed by atoms with Crippen molar-refractivity contribution in [3.05, 3.63) is 63.3 Å². The van der Waals surface area contributed by atoms with E-state index >= 15 is 0 Å². The second-order valence-corrected chi connectivity index (χ2v) is 6.21. The molecule has 4 heteroatoms. The minimum atomic E-state index is 0.0101. The molecule has 2 nitrogen and oxygen atoms in total. The van der Waals surface area contributed by atoms with Gasteiger partial charge in [0, 0.05) is 4.47 Å². The highest BCUT2D eigenvalue weighted by molar-refractivity contribution is 9.10. The fraction of sp³-hybridized carbons (Fsp3) is 0.0625. The van der Waals surface area contributed by atoms with E-state index in [0.717, 1.165) is 20.1 Å². The van der Waals surface area contributed by atoms with Crippen molar-refractivity contribution in [1.82, 2.24) is 0 Å². The zero-order chi connectivity index (χ0) is 13.9. The van der Waals surface area contributed by atoms with E-state index < -0.39 is 0 Å². The summed E-state index contributed by atoms with van der Waals surface area (Å²) < 4.78 is 6.62. The number of fused-ring (bicyclic) bond motifs is 1. The van der Waals surface area contributed by atoms with Gasteiger partial charge in [0.05, 0.1) is 4.88 Å². The Morgan fingerprint density at radius 3 is 2.70 bits per heavy atom. The van der Waals surface area contributed by atoms with E-state index in [-0.39, 0.29) is 12.4 Å². The summed E-state index contributed by atoms with van der Waals surface area (Å²) in [5.41, 5.74) is 0. The SMILES string of the molecule is O=C(COc1ccc2cc(Br)ccc2c1)c1cccs1. The first kappa shape index (κ1) is 13.3. The molecule has 0 saturated heterocycles. The molecular formula is C16H11BrO2S. The Kier molecular flexibility index (Phi) is 3.85. The van der Waals surface area contributed by atoms with Crippen LogP contribution in [0.15, 0.2) is 58.4 Å². The molecule has 0 radical (unpaired) electrons. The largest absolute Gasteiger partial charge is 0.485 e. The van der Waals surface area contributed by atoms with Crippen LogP contribution in [0.1, 0.15) is 9.67 Å². The normalized spacial score (nSPS) is 10.7. The summed E-state index contributed by atoms with van der Waals surface area (Å²) in [6.07, 6.45) is 0. The molecule has 1 heterocycles. The van der Waals surface area contributed by atoms with Gasteiger partial charge in [0.15, 0.2) is 6.61 Å². The van der Waals surface area contributed by atoms with Crippen molar-refractivity contribution < 1.29 is 9.53 Å². The summed E-state index contributed by atoms with van der Waals surface area (Å²) in [7, 11) is 0. The maximum Gasteiger partial charge on any atom is 0.210 e. The van der Waals surface area contributed by atoms with Crippen LogP contribution in [0.2, 0.25) is 0 Å². The first-order chi connectivity index (χ1) is 9.72. The molecule has 20 heavy (non-hydrogen) atoms. The van der Waals surface area contributed by atoms with E-state index in [0.29, 0.717) is 5.75 Å². The van der Waals surface area contributed by atoms with Gasteiger partial charge in [-0.15, -0.1) is 11.3 Å². The van der Waals surface area contributed by atoms with Crippen molar-refractivity contribution >= 4 is 43.8 Å². The lowest BCUT2D eigenvalue weighted by atomic mass is 10.1. The van der Waals surface area contributed by atoms with Crippen molar-refractivity contribution in [2.45, 2.75) is 0 Å². The average molecular weight is 347 g/mol. The lowest BCUT2D eigenvalue weighted by molar-refractivity contribution is 0.0925. The topological polar surface area (TPSA) is 26.3 Å². The van der Waals surface area contributed by atoms with E-state index in [1.807, 2.05) is 47.8 Å². The summed E-state index contributed by atoms with van der Waals surface area (Å²) in [6.45, 7) is 0.0720. The van der Waals surface area contributed by atoms with Crippen LogP contribution < -0.4 is 4.74 Å². The van der Waals surface area contributed by atoms with Gasteiger partial charge in [-0.25, -0.2) is 0 Å². The molecule has 0 atom stereocenters. The molecule has 1 aromatic heterocycles. The molecule has 0 unspecified atom stereocenters. The summed E-state index contributed by atoms with van der Waals surface area (Å²) in [5.74, 6) is 0.723. The Hall–Kier alpha value is -1.65. The molecule has 0 aliphatic heterocycles. The zero-order valence-corrected chi connectivity index (χ0v) is 12.9. The van der Waals surface area contributed by atoms with Crippen molar-refractivity contribution in [3.63, 3.8) is 0 Å². The lowest BCUT2D eigenvalue weighted by Gasteiger charge is -2.06. The van der Waals surface area contributed by atoms with Gasteiger partial charge in [0.25, 0.3) is 0 Å². The predicted molar refractivity (Wildman–Crippen MR) is 85.8 cm³/mol. The Morgan fingerprint density at radius 1 is 1.10 bits per heavy atom. The van der Waals surface area contributed by atoms with Crippen LogP contribution in [0, 0.1) is 0 Å². The predicted octanol–water partition coefficient (Wildman–Crippen LogP) is 4.93. The zero-order valence-electron chi connectivity index (χ0n) is 10.5. The monoisotopic (exact) mass is 346 g/mol. The van der Waals surface area contributed by atoms with Gasteiger partial charge in [-0.1, -0.05) is 34.1 Å². The Labute approximate surface area is 129 Å². The number of benzene rings is 2. The summed E-state index contributed by atoms with van der Waals surface area (Å²) >= 11 is 4.88. The van der Waals surface area contributed by atoms with E-state index in [1.165, 1.54) is 11.3 Å². The van der Waals surface area contributed by atoms with Crippen LogP contribution in [-0.2, 0) is 0 Å². The first-order valence-corrected chi connectivity index (χ1v) is 7.78. The van der Waals surface area contributed by atoms with Gasteiger partial charge in [-0.2, -0.15) is 0 Å². The highest BCUT2D eigenvalue weighted by Gasteiger charge is 2.07. The van der Waals surface area contributed by atoms with Gasteiger partial charge in [-0.05, 0) is 46.5 Å². The number of carbonyl (C=O) groups excluding carboxylic acids is 1. The molecule has 100 valence electrons. The van der Waals surface area contributed by atoms with E-state index in [4.69, 9.17) is 4.74 Å². The average Bonchev–Trinajstić information content (AvgIpc) is 2.99. The van der Waals surface area contributed by atoms with Gasteiger partial charge < -0.3 is 4.74 Å². The third-order valence-electron chi connectivity index (χ3n) is 2.94. The Balaban J connectivity index is 1.75. The maximum atomic E-state index is 11.9. The number of thiophene rings is 1. The smallest absolute Gasteiger partial charge is 0.210 e. The van der Waals surface area contributed by atoms with Gasteiger partial charge in [0.2, 0.25) is 5.78 Å². The Morgan fingerprint density at radius 2 is 1.90 bits per heavy atom. The van der Waals surface area contributed by atoms with E-state index in [2.05, 4.69) is 22.0 Å². The van der Waals surface area contributed by atoms with Crippen molar-refractivity contribution in [2.75, 3.05) is 6.61 Å². The number of ether oxygens (including phenoxy) is 1. The van der Waals surface area contributed by atoms with Crippen molar-refractivity contribution in [2.24, 2.45) is 0 Å². The molecule has 0 spiro atoms. The molecule has 0 fully saturated rings. The van der Waals surface area contributed by atoms with Gasteiger partial charge in [0.1, 0.15) is 5.75 Å². The summed E-state index contributed by atoms with van der Waals surface area (Å²) in [5, 5.41) is 4.12. The molecule has 3 rings (SSSR count). The third-order valence-corrected chi connectivity index (χ3v) is 4.34. The van der Waals surface area contributed by atoms with Crippen molar-refractivity contribution in [1.29, 1.82) is 0 Å². The number of ketones is 1. The van der Waals surface area contributed by atoms with Gasteiger partial charge in [-0.3, -0.25) is 4.79 Å². The minimum Gasteiger partial charge on any atom is -0.485 e. The number of hydrogen-bond donors (Lipinski definition) is 0. The molecule has 3 aromatic rings. The van der Waals surface area contributed by atoms with Crippen molar-refractivity contribution in [3.8, 4) is 5.75 Å². The molecule has 0 N–H and O–H groups in total. The van der Waals surface area contributed by atoms with Crippen LogP contribution >= 0.6 is 27.3 Å². The summed E-state index contributed by atoms with van der Waals surface area (Å²) in [4.78, 5) is 12.6. The maximum absolute atomic E-state index is 11.9. The van der Waals surface area contributed by atoms with Crippen LogP contribution in [0.5, 0.6) is 5.75 Å². The quantitative estimate of drug-likeness (QED) is 0.626. The molecular weight excluding hydrogens is 336 g/mol. The van der Waals surface area contributed by atoms with Crippen LogP contribution in [0.3, 0.4) is 0 Å². The standard InChI is InChI=1S/C16H11BrO2S/c17-13-5-3-12-9-14(6-4-11(12)8-13)19-10-15(18)16-2-1-7-20-16/h1-9H,10H2. The molecule has 0 aliphatic rings. The van der Waals surface area contributed by atoms with E-state index in [1.54, 1.807) is 0 Å². The lowest BCUT2D eigenvalue weighted by Crippen LogP contribution is -2.09. The molecule has 0 bridgehead atoms. The number of hydrogen-bond acceptors (Lipinski definition) is 3. The second kappa shape index (κ2) is 5.77. The van der Waals surface area contributed by atoms with Gasteiger partial charge >= 0.3 is 0 Å². The Bertz CT molecular complexity index is 750. The van der Waals surface area contributed by atoms with Crippen LogP contribution in [0.4, 0.5) is 0 Å². The number of halogens is 1. The fourth-order valence-corrected chi connectivity index (χ4v) is 2.97. The second-order valence-electron chi connectivity index (χ2n) is 4.34. The molecule has 0 saturated carbocycles.